The van der Waals surface area contributed by atoms with Gasteiger partial charge in [0.2, 0.25) is 5.91 Å². The van der Waals surface area contributed by atoms with Crippen LogP contribution < -0.4 is 11.1 Å². The molecule has 0 bridgehead atoms. The van der Waals surface area contributed by atoms with Crippen molar-refractivity contribution in [3.63, 3.8) is 0 Å². The summed E-state index contributed by atoms with van der Waals surface area (Å²) in [4.78, 5) is 14.0. The van der Waals surface area contributed by atoms with Crippen molar-refractivity contribution in [1.29, 1.82) is 0 Å². The number of carbonyl (C=O) groups excluding carboxylic acids is 1. The Balaban J connectivity index is 4.38. The molecule has 96 valence electrons. The van der Waals surface area contributed by atoms with E-state index in [2.05, 4.69) is 24.1 Å². The van der Waals surface area contributed by atoms with E-state index in [1.165, 1.54) is 0 Å². The summed E-state index contributed by atoms with van der Waals surface area (Å²) >= 11 is 0. The van der Waals surface area contributed by atoms with Crippen LogP contribution in [0, 0.1) is 0 Å². The van der Waals surface area contributed by atoms with Gasteiger partial charge in [0.1, 0.15) is 0 Å². The summed E-state index contributed by atoms with van der Waals surface area (Å²) in [6.07, 6.45) is 1.33. The lowest BCUT2D eigenvalue weighted by Gasteiger charge is -2.34. The third-order valence-electron chi connectivity index (χ3n) is 3.61. The fourth-order valence-corrected chi connectivity index (χ4v) is 1.20. The zero-order valence-corrected chi connectivity index (χ0v) is 11.6. The zero-order chi connectivity index (χ0) is 13.0. The van der Waals surface area contributed by atoms with Gasteiger partial charge in [0.15, 0.2) is 0 Å². The summed E-state index contributed by atoms with van der Waals surface area (Å²) in [5.74, 6) is -0.0487. The van der Waals surface area contributed by atoms with E-state index in [0.29, 0.717) is 19.4 Å². The molecule has 0 saturated heterocycles. The van der Waals surface area contributed by atoms with Crippen LogP contribution in [0.1, 0.15) is 40.5 Å². The minimum atomic E-state index is -0.720. The van der Waals surface area contributed by atoms with E-state index >= 15 is 0 Å². The molecule has 0 saturated carbocycles. The van der Waals surface area contributed by atoms with Gasteiger partial charge in [-0.05, 0) is 40.8 Å². The lowest BCUT2D eigenvalue weighted by atomic mass is 9.92. The number of hydrogen-bond acceptors (Lipinski definition) is 3. The maximum atomic E-state index is 11.9. The Kier molecular flexibility index (Phi) is 5.42. The highest BCUT2D eigenvalue weighted by atomic mass is 16.2. The molecule has 0 spiro atoms. The quantitative estimate of drug-likeness (QED) is 0.713. The van der Waals surface area contributed by atoms with Gasteiger partial charge in [0.25, 0.3) is 0 Å². The maximum Gasteiger partial charge on any atom is 0.240 e. The minimum absolute atomic E-state index is 0.0487. The van der Waals surface area contributed by atoms with Gasteiger partial charge in [-0.25, -0.2) is 0 Å². The average Bonchev–Trinajstić information content (AvgIpc) is 2.24. The van der Waals surface area contributed by atoms with E-state index in [1.54, 1.807) is 0 Å². The summed E-state index contributed by atoms with van der Waals surface area (Å²) in [7, 11) is 4.00. The van der Waals surface area contributed by atoms with E-state index in [9.17, 15) is 4.79 Å². The van der Waals surface area contributed by atoms with E-state index < -0.39 is 5.54 Å². The average molecular weight is 229 g/mol. The van der Waals surface area contributed by atoms with Crippen molar-refractivity contribution < 1.29 is 4.79 Å². The second kappa shape index (κ2) is 5.64. The van der Waals surface area contributed by atoms with Crippen molar-refractivity contribution in [2.75, 3.05) is 20.6 Å². The molecular formula is C12H27N3O. The van der Waals surface area contributed by atoms with Gasteiger partial charge in [-0.1, -0.05) is 13.8 Å². The molecule has 0 aromatic rings. The standard InChI is InChI=1S/C12H27N3O/c1-7-12(13,8-2)10(16)14-9-11(3,4)15(5)6/h7-9,13H2,1-6H3,(H,14,16). The molecule has 1 amide bonds. The van der Waals surface area contributed by atoms with Crippen LogP contribution in [0.4, 0.5) is 0 Å². The molecule has 0 aromatic heterocycles. The predicted octanol–water partition coefficient (Wildman–Crippen LogP) is 0.960. The van der Waals surface area contributed by atoms with Crippen LogP contribution >= 0.6 is 0 Å². The number of hydrogen-bond donors (Lipinski definition) is 2. The number of carbonyl (C=O) groups is 1. The van der Waals surface area contributed by atoms with Crippen molar-refractivity contribution in [2.45, 2.75) is 51.6 Å². The lowest BCUT2D eigenvalue weighted by molar-refractivity contribution is -0.127. The van der Waals surface area contributed by atoms with Gasteiger partial charge in [-0.15, -0.1) is 0 Å². The fourth-order valence-electron chi connectivity index (χ4n) is 1.20. The van der Waals surface area contributed by atoms with Crippen LogP contribution in [-0.4, -0.2) is 42.5 Å². The first-order valence-electron chi connectivity index (χ1n) is 5.94. The van der Waals surface area contributed by atoms with Crippen molar-refractivity contribution in [1.82, 2.24) is 10.2 Å². The molecule has 0 fully saturated rings. The topological polar surface area (TPSA) is 58.4 Å². The predicted molar refractivity (Wildman–Crippen MR) is 68.3 cm³/mol. The highest BCUT2D eigenvalue weighted by molar-refractivity contribution is 5.85. The van der Waals surface area contributed by atoms with Crippen molar-refractivity contribution in [3.8, 4) is 0 Å². The Morgan fingerprint density at radius 2 is 1.69 bits per heavy atom. The van der Waals surface area contributed by atoms with Crippen molar-refractivity contribution in [2.24, 2.45) is 5.73 Å². The molecule has 0 aliphatic carbocycles. The van der Waals surface area contributed by atoms with E-state index in [4.69, 9.17) is 5.73 Å². The van der Waals surface area contributed by atoms with Crippen molar-refractivity contribution >= 4 is 5.91 Å². The van der Waals surface area contributed by atoms with Crippen LogP contribution in [0.5, 0.6) is 0 Å². The smallest absolute Gasteiger partial charge is 0.240 e. The summed E-state index contributed by atoms with van der Waals surface area (Å²) in [6, 6.07) is 0. The third kappa shape index (κ3) is 3.76. The first-order chi connectivity index (χ1) is 7.19. The highest BCUT2D eigenvalue weighted by Crippen LogP contribution is 2.13. The van der Waals surface area contributed by atoms with Crippen LogP contribution in [-0.2, 0) is 4.79 Å². The normalized spacial score (nSPS) is 13.0. The van der Waals surface area contributed by atoms with Crippen LogP contribution in [0.15, 0.2) is 0 Å². The van der Waals surface area contributed by atoms with Gasteiger partial charge in [0, 0.05) is 12.1 Å². The van der Waals surface area contributed by atoms with Crippen molar-refractivity contribution in [3.05, 3.63) is 0 Å². The Morgan fingerprint density at radius 3 is 2.00 bits per heavy atom. The first-order valence-corrected chi connectivity index (χ1v) is 5.94. The summed E-state index contributed by atoms with van der Waals surface area (Å²) in [6.45, 7) is 8.67. The minimum Gasteiger partial charge on any atom is -0.353 e. The molecule has 0 aliphatic rings. The molecule has 3 N–H and O–H groups in total. The van der Waals surface area contributed by atoms with Gasteiger partial charge >= 0.3 is 0 Å². The Hall–Kier alpha value is -0.610. The second-order valence-corrected chi connectivity index (χ2v) is 5.25. The highest BCUT2D eigenvalue weighted by Gasteiger charge is 2.31. The Bertz CT molecular complexity index is 232. The van der Waals surface area contributed by atoms with Gasteiger partial charge in [-0.2, -0.15) is 0 Å². The molecular weight excluding hydrogens is 202 g/mol. The van der Waals surface area contributed by atoms with Crippen LogP contribution in [0.3, 0.4) is 0 Å². The van der Waals surface area contributed by atoms with E-state index in [-0.39, 0.29) is 11.4 Å². The largest absolute Gasteiger partial charge is 0.353 e. The lowest BCUT2D eigenvalue weighted by Crippen LogP contribution is -2.57. The molecule has 0 aliphatic heterocycles. The molecule has 0 atom stereocenters. The number of nitrogens with two attached hydrogens (primary N) is 1. The third-order valence-corrected chi connectivity index (χ3v) is 3.61. The molecule has 0 radical (unpaired) electrons. The summed E-state index contributed by atoms with van der Waals surface area (Å²) in [5.41, 5.74) is 5.24. The Labute approximate surface area is 99.6 Å². The molecule has 0 rings (SSSR count). The SMILES string of the molecule is CCC(N)(CC)C(=O)NCC(C)(C)N(C)C. The molecule has 0 heterocycles. The monoisotopic (exact) mass is 229 g/mol. The molecule has 16 heavy (non-hydrogen) atoms. The van der Waals surface area contributed by atoms with Gasteiger partial charge in [-0.3, -0.25) is 4.79 Å². The Morgan fingerprint density at radius 1 is 1.25 bits per heavy atom. The van der Waals surface area contributed by atoms with Crippen LogP contribution in [0.25, 0.3) is 0 Å². The van der Waals surface area contributed by atoms with Gasteiger partial charge in [0.05, 0.1) is 5.54 Å². The van der Waals surface area contributed by atoms with E-state index in [0.717, 1.165) is 0 Å². The fraction of sp³-hybridized carbons (Fsp3) is 0.917. The number of nitrogens with one attached hydrogen (secondary N) is 1. The first kappa shape index (κ1) is 15.4. The molecule has 0 aromatic carbocycles. The molecule has 4 nitrogen and oxygen atoms in total. The summed E-state index contributed by atoms with van der Waals surface area (Å²) in [5, 5.41) is 2.94. The zero-order valence-electron chi connectivity index (χ0n) is 11.6. The van der Waals surface area contributed by atoms with Gasteiger partial charge < -0.3 is 16.0 Å². The number of nitrogens with zero attached hydrogens (tertiary/aromatic N) is 1. The second-order valence-electron chi connectivity index (χ2n) is 5.25. The summed E-state index contributed by atoms with van der Waals surface area (Å²) < 4.78 is 0. The number of likely N-dealkylation sites (N-methyl/N-ethyl adjacent to an activating group) is 1. The molecule has 0 unspecified atom stereocenters. The number of rotatable bonds is 6. The molecule has 4 heteroatoms. The number of amides is 1. The van der Waals surface area contributed by atoms with E-state index in [1.807, 2.05) is 27.9 Å². The van der Waals surface area contributed by atoms with Crippen LogP contribution in [0.2, 0.25) is 0 Å². The maximum absolute atomic E-state index is 11.9.